The zero-order valence-electron chi connectivity index (χ0n) is 19.4. The van der Waals surface area contributed by atoms with Crippen LogP contribution in [0.4, 0.5) is 0 Å². The minimum absolute atomic E-state index is 0.0157. The number of aromatic nitrogens is 1. The molecule has 3 aromatic rings. The van der Waals surface area contributed by atoms with Crippen molar-refractivity contribution in [2.45, 2.75) is 32.3 Å². The number of Topliss-reactive ketones (excluding diaryl/α,β-unsaturated/α-hetero) is 1. The molecule has 0 aliphatic heterocycles. The molecule has 1 aromatic heterocycles. The summed E-state index contributed by atoms with van der Waals surface area (Å²) in [5, 5.41) is 23.4. The number of halogens is 2. The summed E-state index contributed by atoms with van der Waals surface area (Å²) in [7, 11) is 1.30. The first-order chi connectivity index (χ1) is 16.6. The molecule has 0 aliphatic carbocycles. The monoisotopic (exact) mass is 517 g/mol. The van der Waals surface area contributed by atoms with Crippen LogP contribution in [0.25, 0.3) is 0 Å². The molecule has 0 fully saturated rings. The topological polar surface area (TPSA) is 99.8 Å². The van der Waals surface area contributed by atoms with Gasteiger partial charge in [0.15, 0.2) is 11.9 Å². The van der Waals surface area contributed by atoms with E-state index in [1.807, 2.05) is 24.3 Å². The number of rotatable bonds is 9. The highest BCUT2D eigenvalue weighted by Crippen LogP contribution is 2.33. The number of hydrogen-bond donors (Lipinski definition) is 1. The molecular formula is C26H25Cl2NO6. The van der Waals surface area contributed by atoms with Gasteiger partial charge in [0.1, 0.15) is 6.10 Å². The van der Waals surface area contributed by atoms with Gasteiger partial charge in [-0.3, -0.25) is 9.59 Å². The van der Waals surface area contributed by atoms with Crippen molar-refractivity contribution in [3.8, 4) is 11.5 Å². The van der Waals surface area contributed by atoms with Gasteiger partial charge in [-0.05, 0) is 42.3 Å². The van der Waals surface area contributed by atoms with Crippen LogP contribution in [-0.4, -0.2) is 30.1 Å². The number of carbonyl (C=O) groups excluding carboxylic acids is 2. The molecule has 1 heterocycles. The van der Waals surface area contributed by atoms with Gasteiger partial charge in [-0.15, -0.1) is 0 Å². The zero-order valence-corrected chi connectivity index (χ0v) is 20.9. The molecule has 0 saturated carbocycles. The molecule has 0 unspecified atom stereocenters. The van der Waals surface area contributed by atoms with Crippen LogP contribution in [0.1, 0.15) is 47.8 Å². The zero-order chi connectivity index (χ0) is 25.7. The summed E-state index contributed by atoms with van der Waals surface area (Å²) >= 11 is 12.1. The van der Waals surface area contributed by atoms with E-state index in [2.05, 4.69) is 0 Å². The van der Waals surface area contributed by atoms with Crippen molar-refractivity contribution in [2.75, 3.05) is 7.11 Å². The Morgan fingerprint density at radius 1 is 0.971 bits per heavy atom. The highest BCUT2D eigenvalue weighted by atomic mass is 35.5. The van der Waals surface area contributed by atoms with E-state index < -0.39 is 35.2 Å². The molecule has 2 aromatic carbocycles. The van der Waals surface area contributed by atoms with Gasteiger partial charge in [0, 0.05) is 28.5 Å². The van der Waals surface area contributed by atoms with Crippen LogP contribution in [0.5, 0.6) is 11.5 Å². The molecule has 0 amide bonds. The molecule has 0 spiro atoms. The van der Waals surface area contributed by atoms with Crippen molar-refractivity contribution >= 4 is 35.0 Å². The molecule has 184 valence electrons. The summed E-state index contributed by atoms with van der Waals surface area (Å²) in [4.78, 5) is 25.6. The number of hydrogen-bond acceptors (Lipinski definition) is 6. The number of ether oxygens (including phenoxy) is 2. The lowest BCUT2D eigenvalue weighted by Crippen LogP contribution is -2.35. The van der Waals surface area contributed by atoms with Crippen molar-refractivity contribution < 1.29 is 28.9 Å². The molecule has 3 rings (SSSR count). The molecule has 0 radical (unpaired) electrons. The van der Waals surface area contributed by atoms with Gasteiger partial charge in [-0.2, -0.15) is 4.73 Å². The maximum atomic E-state index is 12.9. The van der Waals surface area contributed by atoms with E-state index in [1.54, 1.807) is 31.2 Å². The minimum Gasteiger partial charge on any atom is -0.618 e. The third-order valence-electron chi connectivity index (χ3n) is 5.65. The maximum Gasteiger partial charge on any atom is 0.309 e. The molecule has 9 heteroatoms. The summed E-state index contributed by atoms with van der Waals surface area (Å²) in [6.45, 7) is 3.29. The number of ketones is 1. The lowest BCUT2D eigenvalue weighted by Gasteiger charge is -2.26. The van der Waals surface area contributed by atoms with E-state index in [1.165, 1.54) is 20.1 Å². The third kappa shape index (κ3) is 6.24. The molecule has 2 atom stereocenters. The van der Waals surface area contributed by atoms with E-state index in [-0.39, 0.29) is 22.8 Å². The van der Waals surface area contributed by atoms with E-state index in [9.17, 15) is 19.9 Å². The maximum absolute atomic E-state index is 12.9. The van der Waals surface area contributed by atoms with Crippen molar-refractivity contribution in [1.82, 2.24) is 0 Å². The average molecular weight is 518 g/mol. The first-order valence-corrected chi connectivity index (χ1v) is 11.6. The minimum atomic E-state index is -0.869. The lowest BCUT2D eigenvalue weighted by molar-refractivity contribution is -0.608. The van der Waals surface area contributed by atoms with Crippen LogP contribution < -0.4 is 9.47 Å². The first-order valence-electron chi connectivity index (χ1n) is 10.9. The molecule has 0 bridgehead atoms. The van der Waals surface area contributed by atoms with E-state index in [4.69, 9.17) is 32.7 Å². The van der Waals surface area contributed by atoms with Gasteiger partial charge in [0.25, 0.3) is 0 Å². The number of benzene rings is 2. The van der Waals surface area contributed by atoms with Crippen LogP contribution in [-0.2, 0) is 9.53 Å². The smallest absolute Gasteiger partial charge is 0.309 e. The Morgan fingerprint density at radius 3 is 1.97 bits per heavy atom. The number of aromatic hydroxyl groups is 1. The van der Waals surface area contributed by atoms with Crippen LogP contribution >= 0.6 is 23.2 Å². The SMILES string of the molecule is COc1cc[n+]([O-])c(C(=O)C[C@@H](C)C(=O)O[C@@H](C)C(c2ccc(Cl)cc2)c2ccc(Cl)cc2)c1O. The fraction of sp³-hybridized carbons (Fsp3) is 0.269. The molecule has 0 aliphatic rings. The predicted molar refractivity (Wildman–Crippen MR) is 132 cm³/mol. The van der Waals surface area contributed by atoms with Crippen LogP contribution in [0, 0.1) is 11.1 Å². The van der Waals surface area contributed by atoms with Crippen molar-refractivity contribution in [2.24, 2.45) is 5.92 Å². The first kappa shape index (κ1) is 26.3. The molecule has 1 N–H and O–H groups in total. The standard InChI is InChI=1S/C26H25Cl2NO6/c1-15(14-21(30)24-25(31)22(34-3)12-13-29(24)33)26(32)35-16(2)23(17-4-8-19(27)9-5-17)18-6-10-20(28)11-7-18/h4-13,15-16,23,31H,14H2,1-3H3/t15-,16+/m1/s1. The van der Waals surface area contributed by atoms with Crippen molar-refractivity contribution in [1.29, 1.82) is 0 Å². The second-order valence-electron chi connectivity index (χ2n) is 8.16. The summed E-state index contributed by atoms with van der Waals surface area (Å²) in [5.74, 6) is -3.10. The number of methoxy groups -OCH3 is 1. The van der Waals surface area contributed by atoms with E-state index in [0.29, 0.717) is 10.0 Å². The summed E-state index contributed by atoms with van der Waals surface area (Å²) in [6.07, 6.45) is 0.123. The normalized spacial score (nSPS) is 12.7. The van der Waals surface area contributed by atoms with Crippen LogP contribution in [0.15, 0.2) is 60.8 Å². The second-order valence-corrected chi connectivity index (χ2v) is 9.03. The Hall–Kier alpha value is -3.29. The van der Waals surface area contributed by atoms with E-state index >= 15 is 0 Å². The van der Waals surface area contributed by atoms with Gasteiger partial charge in [0.05, 0.1) is 13.0 Å². The Kier molecular flexibility index (Phi) is 8.59. The summed E-state index contributed by atoms with van der Waals surface area (Å²) < 4.78 is 11.0. The highest BCUT2D eigenvalue weighted by molar-refractivity contribution is 6.30. The third-order valence-corrected chi connectivity index (χ3v) is 6.15. The molecule has 7 nitrogen and oxygen atoms in total. The Labute approximate surface area is 213 Å². The average Bonchev–Trinajstić information content (AvgIpc) is 2.81. The van der Waals surface area contributed by atoms with Gasteiger partial charge < -0.3 is 19.8 Å². The fourth-order valence-electron chi connectivity index (χ4n) is 3.83. The summed E-state index contributed by atoms with van der Waals surface area (Å²) in [6, 6.07) is 15.7. The van der Waals surface area contributed by atoms with Crippen molar-refractivity contribution in [3.05, 3.63) is 92.9 Å². The number of carbonyl (C=O) groups is 2. The summed E-state index contributed by atoms with van der Waals surface area (Å²) in [5.41, 5.74) is 1.28. The molecule has 0 saturated heterocycles. The molecule has 35 heavy (non-hydrogen) atoms. The molecular weight excluding hydrogens is 493 g/mol. The van der Waals surface area contributed by atoms with Gasteiger partial charge in [0.2, 0.25) is 11.5 Å². The Balaban J connectivity index is 1.78. The largest absolute Gasteiger partial charge is 0.618 e. The van der Waals surface area contributed by atoms with Crippen LogP contribution in [0.3, 0.4) is 0 Å². The predicted octanol–water partition coefficient (Wildman–Crippen LogP) is 5.31. The van der Waals surface area contributed by atoms with E-state index in [0.717, 1.165) is 17.3 Å². The number of esters is 1. The highest BCUT2D eigenvalue weighted by Gasteiger charge is 2.31. The van der Waals surface area contributed by atoms with Gasteiger partial charge in [-0.25, -0.2) is 0 Å². The Bertz CT molecular complexity index is 1150. The number of pyridine rings is 1. The van der Waals surface area contributed by atoms with Gasteiger partial charge in [-0.1, -0.05) is 54.4 Å². The number of nitrogens with zero attached hydrogens (tertiary/aromatic N) is 1. The fourth-order valence-corrected chi connectivity index (χ4v) is 4.08. The van der Waals surface area contributed by atoms with Gasteiger partial charge >= 0.3 is 11.7 Å². The lowest BCUT2D eigenvalue weighted by atomic mass is 9.87. The van der Waals surface area contributed by atoms with Crippen molar-refractivity contribution in [3.63, 3.8) is 0 Å². The second kappa shape index (κ2) is 11.4. The quantitative estimate of drug-likeness (QED) is 0.178. The van der Waals surface area contributed by atoms with Crippen LogP contribution in [0.2, 0.25) is 10.0 Å². The Morgan fingerprint density at radius 2 is 1.49 bits per heavy atom.